The predicted octanol–water partition coefficient (Wildman–Crippen LogP) is 2.77. The maximum absolute atomic E-state index is 12.3. The maximum Gasteiger partial charge on any atom is 0.319 e. The first-order valence-corrected chi connectivity index (χ1v) is 9.04. The second-order valence-electron chi connectivity index (χ2n) is 6.85. The minimum absolute atomic E-state index is 0.00681. The summed E-state index contributed by atoms with van der Waals surface area (Å²) in [5.74, 6) is 0.584. The van der Waals surface area contributed by atoms with Gasteiger partial charge in [0.15, 0.2) is 0 Å². The Hall–Kier alpha value is -2.08. The fraction of sp³-hybridized carbons (Fsp3) is 0.579. The largest absolute Gasteiger partial charge is 0.381 e. The third kappa shape index (κ3) is 7.56. The number of hydrogen-bond acceptors (Lipinski definition) is 3. The number of rotatable bonds is 10. The Morgan fingerprint density at radius 1 is 1.20 bits per heavy atom. The van der Waals surface area contributed by atoms with E-state index in [4.69, 9.17) is 4.74 Å². The molecule has 1 aromatic carbocycles. The van der Waals surface area contributed by atoms with Gasteiger partial charge in [-0.15, -0.1) is 0 Å². The molecule has 1 aliphatic rings. The van der Waals surface area contributed by atoms with E-state index in [0.29, 0.717) is 18.8 Å². The molecule has 0 bridgehead atoms. The van der Waals surface area contributed by atoms with Crippen molar-refractivity contribution in [3.8, 4) is 0 Å². The molecule has 0 heterocycles. The average Bonchev–Trinajstić information content (AvgIpc) is 3.40. The second-order valence-corrected chi connectivity index (χ2v) is 6.85. The Kier molecular flexibility index (Phi) is 7.73. The lowest BCUT2D eigenvalue weighted by Gasteiger charge is -2.22. The fourth-order valence-electron chi connectivity index (χ4n) is 2.40. The monoisotopic (exact) mass is 347 g/mol. The molecule has 0 radical (unpaired) electrons. The molecule has 0 spiro atoms. The van der Waals surface area contributed by atoms with Crippen LogP contribution in [0.4, 0.5) is 10.5 Å². The van der Waals surface area contributed by atoms with Crippen molar-refractivity contribution in [3.63, 3.8) is 0 Å². The van der Waals surface area contributed by atoms with E-state index in [1.165, 1.54) is 12.8 Å². The lowest BCUT2D eigenvalue weighted by Crippen LogP contribution is -2.51. The van der Waals surface area contributed by atoms with Crippen LogP contribution in [0, 0.1) is 11.8 Å². The van der Waals surface area contributed by atoms with Crippen molar-refractivity contribution in [1.29, 1.82) is 0 Å². The van der Waals surface area contributed by atoms with Crippen molar-refractivity contribution in [2.45, 2.75) is 39.2 Å². The molecule has 1 fully saturated rings. The van der Waals surface area contributed by atoms with E-state index < -0.39 is 6.04 Å². The van der Waals surface area contributed by atoms with E-state index in [2.05, 4.69) is 16.0 Å². The summed E-state index contributed by atoms with van der Waals surface area (Å²) in [7, 11) is 0. The molecule has 1 unspecified atom stereocenters. The SMILES string of the molecule is CC(C)C(NC(=O)Nc1ccccc1)C(=O)NCCCOCC1CC1. The van der Waals surface area contributed by atoms with Gasteiger partial charge in [-0.05, 0) is 43.2 Å². The minimum atomic E-state index is -0.573. The summed E-state index contributed by atoms with van der Waals surface area (Å²) in [6.45, 7) is 5.86. The first kappa shape index (κ1) is 19.2. The lowest BCUT2D eigenvalue weighted by atomic mass is 10.0. The molecule has 1 saturated carbocycles. The summed E-state index contributed by atoms with van der Waals surface area (Å²) in [6, 6.07) is 8.20. The third-order valence-electron chi connectivity index (χ3n) is 4.08. The number of carbonyl (C=O) groups is 2. The molecule has 0 saturated heterocycles. The molecule has 6 nitrogen and oxygen atoms in total. The lowest BCUT2D eigenvalue weighted by molar-refractivity contribution is -0.123. The van der Waals surface area contributed by atoms with Crippen molar-refractivity contribution < 1.29 is 14.3 Å². The molecule has 3 amide bonds. The number of anilines is 1. The van der Waals surface area contributed by atoms with Crippen LogP contribution in [0.15, 0.2) is 30.3 Å². The van der Waals surface area contributed by atoms with Gasteiger partial charge in [0, 0.05) is 25.4 Å². The number of ether oxygens (including phenoxy) is 1. The highest BCUT2D eigenvalue weighted by Crippen LogP contribution is 2.28. The summed E-state index contributed by atoms with van der Waals surface area (Å²) >= 11 is 0. The van der Waals surface area contributed by atoms with Gasteiger partial charge in [-0.2, -0.15) is 0 Å². The van der Waals surface area contributed by atoms with E-state index in [-0.39, 0.29) is 17.9 Å². The van der Waals surface area contributed by atoms with E-state index in [0.717, 1.165) is 18.9 Å². The number of amides is 3. The van der Waals surface area contributed by atoms with Gasteiger partial charge in [-0.25, -0.2) is 4.79 Å². The molecule has 138 valence electrons. The molecule has 1 aromatic rings. The number of nitrogens with one attached hydrogen (secondary N) is 3. The highest BCUT2D eigenvalue weighted by atomic mass is 16.5. The highest BCUT2D eigenvalue weighted by Gasteiger charge is 2.24. The van der Waals surface area contributed by atoms with Crippen molar-refractivity contribution in [3.05, 3.63) is 30.3 Å². The second kappa shape index (κ2) is 10.0. The van der Waals surface area contributed by atoms with Gasteiger partial charge < -0.3 is 20.7 Å². The van der Waals surface area contributed by atoms with E-state index in [9.17, 15) is 9.59 Å². The summed E-state index contributed by atoms with van der Waals surface area (Å²) in [5, 5.41) is 8.35. The van der Waals surface area contributed by atoms with Crippen LogP contribution < -0.4 is 16.0 Å². The fourth-order valence-corrected chi connectivity index (χ4v) is 2.40. The topological polar surface area (TPSA) is 79.5 Å². The van der Waals surface area contributed by atoms with Crippen LogP contribution in [-0.4, -0.2) is 37.7 Å². The molecule has 3 N–H and O–H groups in total. The van der Waals surface area contributed by atoms with Gasteiger partial charge in [-0.3, -0.25) is 4.79 Å². The summed E-state index contributed by atoms with van der Waals surface area (Å²) < 4.78 is 5.55. The van der Waals surface area contributed by atoms with E-state index in [1.807, 2.05) is 32.0 Å². The molecular formula is C19H29N3O3. The van der Waals surface area contributed by atoms with E-state index >= 15 is 0 Å². The summed E-state index contributed by atoms with van der Waals surface area (Å²) in [6.07, 6.45) is 3.34. The number of hydrogen-bond donors (Lipinski definition) is 3. The number of para-hydroxylation sites is 1. The van der Waals surface area contributed by atoms with Gasteiger partial charge in [0.2, 0.25) is 5.91 Å². The van der Waals surface area contributed by atoms with Crippen molar-refractivity contribution in [2.24, 2.45) is 11.8 Å². The molecule has 6 heteroatoms. The van der Waals surface area contributed by atoms with Crippen LogP contribution in [-0.2, 0) is 9.53 Å². The molecule has 2 rings (SSSR count). The molecule has 25 heavy (non-hydrogen) atoms. The number of benzene rings is 1. The van der Waals surface area contributed by atoms with Gasteiger partial charge in [-0.1, -0.05) is 32.0 Å². The normalized spacial score (nSPS) is 14.8. The van der Waals surface area contributed by atoms with Crippen molar-refractivity contribution in [2.75, 3.05) is 25.1 Å². The van der Waals surface area contributed by atoms with Gasteiger partial charge in [0.05, 0.1) is 0 Å². The molecule has 1 atom stereocenters. The van der Waals surface area contributed by atoms with Gasteiger partial charge in [0.25, 0.3) is 0 Å². The van der Waals surface area contributed by atoms with Crippen molar-refractivity contribution in [1.82, 2.24) is 10.6 Å². The standard InChI is InChI=1S/C19H29N3O3/c1-14(2)17(22-19(24)21-16-7-4-3-5-8-16)18(23)20-11-6-12-25-13-15-9-10-15/h3-5,7-8,14-15,17H,6,9-13H2,1-2H3,(H,20,23)(H2,21,22,24). The predicted molar refractivity (Wildman–Crippen MR) is 98.4 cm³/mol. The Balaban J connectivity index is 1.68. The Bertz CT molecular complexity index is 544. The van der Waals surface area contributed by atoms with Crippen LogP contribution in [0.25, 0.3) is 0 Å². The average molecular weight is 347 g/mol. The Labute approximate surface area is 149 Å². The molecule has 0 aliphatic heterocycles. The van der Waals surface area contributed by atoms with Gasteiger partial charge in [0.1, 0.15) is 6.04 Å². The van der Waals surface area contributed by atoms with Gasteiger partial charge >= 0.3 is 6.03 Å². The summed E-state index contributed by atoms with van der Waals surface area (Å²) in [4.78, 5) is 24.4. The van der Waals surface area contributed by atoms with Crippen LogP contribution in [0.3, 0.4) is 0 Å². The first-order chi connectivity index (χ1) is 12.1. The Morgan fingerprint density at radius 2 is 1.92 bits per heavy atom. The van der Waals surface area contributed by atoms with Crippen LogP contribution in [0.2, 0.25) is 0 Å². The third-order valence-corrected chi connectivity index (χ3v) is 4.08. The maximum atomic E-state index is 12.3. The minimum Gasteiger partial charge on any atom is -0.381 e. The van der Waals surface area contributed by atoms with E-state index in [1.54, 1.807) is 12.1 Å². The molecular weight excluding hydrogens is 318 g/mol. The zero-order valence-electron chi connectivity index (χ0n) is 15.1. The highest BCUT2D eigenvalue weighted by molar-refractivity contribution is 5.93. The number of carbonyl (C=O) groups excluding carboxylic acids is 2. The number of urea groups is 1. The first-order valence-electron chi connectivity index (χ1n) is 9.04. The zero-order valence-corrected chi connectivity index (χ0v) is 15.1. The van der Waals surface area contributed by atoms with Crippen LogP contribution in [0.1, 0.15) is 33.1 Å². The zero-order chi connectivity index (χ0) is 18.1. The Morgan fingerprint density at radius 3 is 2.56 bits per heavy atom. The molecule has 1 aliphatic carbocycles. The quantitative estimate of drug-likeness (QED) is 0.569. The smallest absolute Gasteiger partial charge is 0.319 e. The molecule has 0 aromatic heterocycles. The van der Waals surface area contributed by atoms with Crippen LogP contribution in [0.5, 0.6) is 0 Å². The van der Waals surface area contributed by atoms with Crippen LogP contribution >= 0.6 is 0 Å². The summed E-state index contributed by atoms with van der Waals surface area (Å²) in [5.41, 5.74) is 0.690. The van der Waals surface area contributed by atoms with Crippen molar-refractivity contribution >= 4 is 17.6 Å².